The summed E-state index contributed by atoms with van der Waals surface area (Å²) < 4.78 is 41.7. The zero-order chi connectivity index (χ0) is 25.4. The van der Waals surface area contributed by atoms with Gasteiger partial charge in [-0.1, -0.05) is 6.07 Å². The van der Waals surface area contributed by atoms with Crippen LogP contribution in [0, 0.1) is 6.92 Å². The van der Waals surface area contributed by atoms with Crippen molar-refractivity contribution >= 4 is 39.4 Å². The van der Waals surface area contributed by atoms with Crippen molar-refractivity contribution in [2.24, 2.45) is 21.1 Å². The second-order valence-corrected chi connectivity index (χ2v) is 8.65. The number of carboxylic acid groups (broad SMARTS) is 1. The van der Waals surface area contributed by atoms with E-state index < -0.39 is 23.5 Å². The van der Waals surface area contributed by atoms with Gasteiger partial charge in [-0.25, -0.2) is 27.3 Å². The van der Waals surface area contributed by atoms with Gasteiger partial charge in [0.25, 0.3) is 0 Å². The molecular formula is C22H23N5O7S. The summed E-state index contributed by atoms with van der Waals surface area (Å²) in [6, 6.07) is 9.38. The van der Waals surface area contributed by atoms with Crippen LogP contribution in [0.2, 0.25) is 0 Å². The summed E-state index contributed by atoms with van der Waals surface area (Å²) >= 11 is 0. The number of hydrogen-bond acceptors (Lipinski definition) is 7. The molecule has 0 aliphatic rings. The minimum Gasteiger partial charge on any atom is -0.482 e. The van der Waals surface area contributed by atoms with Crippen molar-refractivity contribution in [1.29, 1.82) is 0 Å². The molecule has 2 heterocycles. The summed E-state index contributed by atoms with van der Waals surface area (Å²) in [6.07, 6.45) is 1.57. The maximum Gasteiger partial charge on any atom is 0.341 e. The molecule has 1 N–H and O–H groups in total. The first-order chi connectivity index (χ1) is 16.6. The van der Waals surface area contributed by atoms with Crippen LogP contribution in [0.15, 0.2) is 47.4 Å². The van der Waals surface area contributed by atoms with E-state index in [9.17, 15) is 18.0 Å². The Balaban J connectivity index is 1.89. The Bertz CT molecular complexity index is 1550. The molecule has 0 unspecified atom stereocenters. The average molecular weight is 502 g/mol. The number of anilines is 2. The largest absolute Gasteiger partial charge is 0.482 e. The number of nitrogens with zero attached hydrogens (tertiary/aromatic N) is 5. The molecule has 0 amide bonds. The van der Waals surface area contributed by atoms with Crippen LogP contribution in [-0.4, -0.2) is 44.8 Å². The van der Waals surface area contributed by atoms with E-state index in [0.29, 0.717) is 16.9 Å². The Morgan fingerprint density at radius 1 is 1.09 bits per heavy atom. The van der Waals surface area contributed by atoms with Gasteiger partial charge in [-0.15, -0.1) is 0 Å². The summed E-state index contributed by atoms with van der Waals surface area (Å²) in [5.41, 5.74) is 0.865. The maximum absolute atomic E-state index is 12.5. The first-order valence-electron chi connectivity index (χ1n) is 10.3. The van der Waals surface area contributed by atoms with Gasteiger partial charge in [-0.05, 0) is 25.1 Å². The number of benzene rings is 2. The fourth-order valence-corrected chi connectivity index (χ4v) is 4.19. The van der Waals surface area contributed by atoms with Crippen LogP contribution in [0.4, 0.5) is 11.5 Å². The third-order valence-electron chi connectivity index (χ3n) is 5.45. The Hall–Kier alpha value is -4.26. The van der Waals surface area contributed by atoms with Gasteiger partial charge in [-0.3, -0.25) is 9.13 Å². The topological polar surface area (TPSA) is 138 Å². The lowest BCUT2D eigenvalue weighted by Crippen LogP contribution is -2.19. The fraction of sp³-hybridized carbons (Fsp3) is 0.227. The molecule has 0 fully saturated rings. The SMILES string of the molecule is Cc1nc(N(c2cc3c(cc2Oc2cccc(OCC(=O)O)c2)n(C)c(=O)n3C)[SH](=O)=O)cn1C. The van der Waals surface area contributed by atoms with Crippen LogP contribution in [0.25, 0.3) is 11.0 Å². The number of aromatic nitrogens is 4. The molecule has 13 heteroatoms. The molecule has 35 heavy (non-hydrogen) atoms. The minimum absolute atomic E-state index is 0.136. The highest BCUT2D eigenvalue weighted by Crippen LogP contribution is 2.39. The first kappa shape index (κ1) is 23.9. The van der Waals surface area contributed by atoms with Gasteiger partial charge in [0.2, 0.25) is 10.9 Å². The van der Waals surface area contributed by atoms with Crippen molar-refractivity contribution in [3.8, 4) is 17.2 Å². The molecule has 2 aromatic heterocycles. The van der Waals surface area contributed by atoms with E-state index in [1.165, 1.54) is 15.2 Å². The van der Waals surface area contributed by atoms with Crippen molar-refractivity contribution < 1.29 is 27.8 Å². The molecule has 184 valence electrons. The van der Waals surface area contributed by atoms with Crippen LogP contribution in [0.3, 0.4) is 0 Å². The third-order valence-corrected chi connectivity index (χ3v) is 6.20. The number of fused-ring (bicyclic) bond motifs is 1. The number of aryl methyl sites for hydroxylation is 4. The lowest BCUT2D eigenvalue weighted by atomic mass is 10.2. The van der Waals surface area contributed by atoms with Crippen LogP contribution >= 0.6 is 0 Å². The van der Waals surface area contributed by atoms with Crippen LogP contribution in [0.5, 0.6) is 17.2 Å². The van der Waals surface area contributed by atoms with Crippen LogP contribution < -0.4 is 19.5 Å². The molecule has 4 rings (SSSR count). The van der Waals surface area contributed by atoms with Crippen molar-refractivity contribution in [3.05, 3.63) is 58.9 Å². The molecule has 0 atom stereocenters. The quantitative estimate of drug-likeness (QED) is 0.349. The van der Waals surface area contributed by atoms with Gasteiger partial charge >= 0.3 is 11.7 Å². The van der Waals surface area contributed by atoms with E-state index >= 15 is 0 Å². The lowest BCUT2D eigenvalue weighted by Gasteiger charge is -2.19. The molecule has 4 aromatic rings. The van der Waals surface area contributed by atoms with Gasteiger partial charge in [0, 0.05) is 39.5 Å². The predicted octanol–water partition coefficient (Wildman–Crippen LogP) is 1.84. The van der Waals surface area contributed by atoms with Gasteiger partial charge in [0.1, 0.15) is 23.0 Å². The number of hydrogen-bond donors (Lipinski definition) is 2. The number of carboxylic acids is 1. The van der Waals surface area contributed by atoms with Gasteiger partial charge in [0.15, 0.2) is 18.2 Å². The minimum atomic E-state index is -3.20. The van der Waals surface area contributed by atoms with Gasteiger partial charge < -0.3 is 19.1 Å². The number of carbonyl (C=O) groups is 1. The molecule has 12 nitrogen and oxygen atoms in total. The Morgan fingerprint density at radius 3 is 2.34 bits per heavy atom. The van der Waals surface area contributed by atoms with Crippen LogP contribution in [0.1, 0.15) is 5.82 Å². The maximum atomic E-state index is 12.5. The normalized spacial score (nSPS) is 11.2. The van der Waals surface area contributed by atoms with Crippen molar-refractivity contribution in [1.82, 2.24) is 18.7 Å². The Morgan fingerprint density at radius 2 is 1.74 bits per heavy atom. The number of rotatable bonds is 8. The number of thiol groups is 1. The number of ether oxygens (including phenoxy) is 2. The number of aliphatic carboxylic acids is 1. The summed E-state index contributed by atoms with van der Waals surface area (Å²) in [7, 11) is 1.73. The molecule has 0 saturated heterocycles. The highest BCUT2D eigenvalue weighted by atomic mass is 32.2. The zero-order valence-corrected chi connectivity index (χ0v) is 20.2. The van der Waals surface area contributed by atoms with E-state index in [2.05, 4.69) is 4.98 Å². The van der Waals surface area contributed by atoms with Crippen LogP contribution in [-0.2, 0) is 36.8 Å². The molecule has 0 bridgehead atoms. The molecule has 2 aromatic carbocycles. The van der Waals surface area contributed by atoms with E-state index in [1.54, 1.807) is 69.2 Å². The highest BCUT2D eigenvalue weighted by Gasteiger charge is 2.23. The van der Waals surface area contributed by atoms with E-state index in [0.717, 1.165) is 4.31 Å². The average Bonchev–Trinajstić information content (AvgIpc) is 3.23. The summed E-state index contributed by atoms with van der Waals surface area (Å²) in [5, 5.41) is 8.85. The van der Waals surface area contributed by atoms with E-state index in [4.69, 9.17) is 14.6 Å². The third kappa shape index (κ3) is 4.57. The van der Waals surface area contributed by atoms with Gasteiger partial charge in [-0.2, -0.15) is 0 Å². The molecule has 0 saturated carbocycles. The second-order valence-electron chi connectivity index (χ2n) is 7.78. The second kappa shape index (κ2) is 9.18. The zero-order valence-electron chi connectivity index (χ0n) is 19.3. The Kier molecular flexibility index (Phi) is 6.26. The molecule has 0 spiro atoms. The van der Waals surface area contributed by atoms with Crippen molar-refractivity contribution in [2.45, 2.75) is 6.92 Å². The summed E-state index contributed by atoms with van der Waals surface area (Å²) in [4.78, 5) is 27.7. The predicted molar refractivity (Wildman–Crippen MR) is 128 cm³/mol. The summed E-state index contributed by atoms with van der Waals surface area (Å²) in [5.74, 6) is 0.288. The highest BCUT2D eigenvalue weighted by molar-refractivity contribution is 7.74. The fourth-order valence-electron chi connectivity index (χ4n) is 3.60. The number of imidazole rings is 2. The molecule has 0 aliphatic heterocycles. The monoisotopic (exact) mass is 501 g/mol. The summed E-state index contributed by atoms with van der Waals surface area (Å²) in [6.45, 7) is 1.21. The Labute approximate surface area is 201 Å². The lowest BCUT2D eigenvalue weighted by molar-refractivity contribution is -0.139. The van der Waals surface area contributed by atoms with Crippen molar-refractivity contribution in [3.63, 3.8) is 0 Å². The smallest absolute Gasteiger partial charge is 0.341 e. The first-order valence-corrected chi connectivity index (χ1v) is 11.5. The van der Waals surface area contributed by atoms with E-state index in [1.807, 2.05) is 0 Å². The standard InChI is InChI=1S/C22H23N5O7S/c1-13-23-20(11-24(13)2)27(35(31)32)18-9-16-17(26(4)22(30)25(16)3)10-19(18)34-15-7-5-6-14(8-15)33-12-21(28)29/h5-11,35H,12H2,1-4H3,(H,28,29). The molecular weight excluding hydrogens is 478 g/mol. The van der Waals surface area contributed by atoms with E-state index in [-0.39, 0.29) is 34.4 Å². The molecule has 0 aliphatic carbocycles. The van der Waals surface area contributed by atoms with Gasteiger partial charge in [0.05, 0.1) is 11.0 Å². The van der Waals surface area contributed by atoms with Crippen molar-refractivity contribution in [2.75, 3.05) is 10.9 Å². The molecule has 0 radical (unpaired) electrons.